The molecule has 0 radical (unpaired) electrons. The first-order chi connectivity index (χ1) is 6.20. The highest BCUT2D eigenvalue weighted by molar-refractivity contribution is 9.10. The lowest BCUT2D eigenvalue weighted by Gasteiger charge is -2.13. The Hall–Kier alpha value is -0.500. The molecule has 0 saturated heterocycles. The summed E-state index contributed by atoms with van der Waals surface area (Å²) in [6, 6.07) is 6.44. The van der Waals surface area contributed by atoms with E-state index < -0.39 is 0 Å². The van der Waals surface area contributed by atoms with E-state index in [0.29, 0.717) is 11.8 Å². The lowest BCUT2D eigenvalue weighted by atomic mass is 9.90. The Morgan fingerprint density at radius 3 is 2.92 bits per heavy atom. The summed E-state index contributed by atoms with van der Waals surface area (Å²) in [5.74, 6) is 1.38. The molecule has 2 heteroatoms. The van der Waals surface area contributed by atoms with Crippen molar-refractivity contribution in [1.82, 2.24) is 0 Å². The molecule has 0 amide bonds. The molecule has 70 valence electrons. The zero-order valence-corrected chi connectivity index (χ0v) is 9.56. The Balaban J connectivity index is 2.43. The van der Waals surface area contributed by atoms with Gasteiger partial charge in [0.2, 0.25) is 0 Å². The van der Waals surface area contributed by atoms with Crippen LogP contribution in [0.4, 0.5) is 5.69 Å². The molecule has 1 N–H and O–H groups in total. The van der Waals surface area contributed by atoms with Crippen molar-refractivity contribution >= 4 is 21.6 Å². The predicted molar refractivity (Wildman–Crippen MR) is 60.2 cm³/mol. The third kappa shape index (κ3) is 1.48. The van der Waals surface area contributed by atoms with Gasteiger partial charge in [-0.25, -0.2) is 0 Å². The van der Waals surface area contributed by atoms with Gasteiger partial charge in [-0.1, -0.05) is 26.0 Å². The van der Waals surface area contributed by atoms with E-state index in [1.807, 2.05) is 0 Å². The summed E-state index contributed by atoms with van der Waals surface area (Å²) < 4.78 is 1.19. The number of fused-ring (bicyclic) bond motifs is 1. The van der Waals surface area contributed by atoms with Crippen molar-refractivity contribution < 1.29 is 0 Å². The van der Waals surface area contributed by atoms with Crippen molar-refractivity contribution in [2.24, 2.45) is 5.92 Å². The molecular formula is C11H14BrN. The zero-order valence-electron chi connectivity index (χ0n) is 7.97. The Kier molecular flexibility index (Phi) is 2.33. The summed E-state index contributed by atoms with van der Waals surface area (Å²) in [7, 11) is 0. The molecule has 0 spiro atoms. The van der Waals surface area contributed by atoms with Gasteiger partial charge in [-0.2, -0.15) is 0 Å². The number of anilines is 1. The Morgan fingerprint density at radius 2 is 2.23 bits per heavy atom. The number of halogens is 1. The molecule has 1 aromatic rings. The lowest BCUT2D eigenvalue weighted by molar-refractivity contribution is 0.533. The SMILES string of the molecule is CC(C)[C@H]1CNc2c(Br)cccc21. The number of para-hydroxylation sites is 1. The summed E-state index contributed by atoms with van der Waals surface area (Å²) in [6.45, 7) is 5.64. The molecule has 1 aliphatic rings. The van der Waals surface area contributed by atoms with Crippen LogP contribution < -0.4 is 5.32 Å². The van der Waals surface area contributed by atoms with E-state index in [9.17, 15) is 0 Å². The van der Waals surface area contributed by atoms with E-state index in [1.54, 1.807) is 0 Å². The van der Waals surface area contributed by atoms with Crippen LogP contribution in [0.1, 0.15) is 25.3 Å². The van der Waals surface area contributed by atoms with Gasteiger partial charge >= 0.3 is 0 Å². The molecule has 1 aliphatic heterocycles. The molecular weight excluding hydrogens is 226 g/mol. The number of rotatable bonds is 1. The van der Waals surface area contributed by atoms with E-state index in [0.717, 1.165) is 6.54 Å². The Labute approximate surface area is 87.7 Å². The van der Waals surface area contributed by atoms with Crippen LogP contribution in [-0.4, -0.2) is 6.54 Å². The average molecular weight is 240 g/mol. The summed E-state index contributed by atoms with van der Waals surface area (Å²) in [5, 5.41) is 3.45. The Bertz CT molecular complexity index is 320. The topological polar surface area (TPSA) is 12.0 Å². The van der Waals surface area contributed by atoms with Gasteiger partial charge in [0, 0.05) is 16.9 Å². The molecule has 1 aromatic carbocycles. The van der Waals surface area contributed by atoms with Gasteiger partial charge < -0.3 is 5.32 Å². The molecule has 0 aliphatic carbocycles. The van der Waals surface area contributed by atoms with E-state index in [2.05, 4.69) is 53.3 Å². The highest BCUT2D eigenvalue weighted by atomic mass is 79.9. The maximum atomic E-state index is 3.56. The third-order valence-corrected chi connectivity index (χ3v) is 3.41. The summed E-state index contributed by atoms with van der Waals surface area (Å²) >= 11 is 3.56. The van der Waals surface area contributed by atoms with Crippen molar-refractivity contribution in [3.63, 3.8) is 0 Å². The maximum absolute atomic E-state index is 3.56. The largest absolute Gasteiger partial charge is 0.383 e. The Morgan fingerprint density at radius 1 is 1.46 bits per heavy atom. The molecule has 0 aromatic heterocycles. The number of hydrogen-bond donors (Lipinski definition) is 1. The molecule has 1 nitrogen and oxygen atoms in total. The van der Waals surface area contributed by atoms with Crippen LogP contribution in [0.3, 0.4) is 0 Å². The summed E-state index contributed by atoms with van der Waals surface area (Å²) in [6.07, 6.45) is 0. The van der Waals surface area contributed by atoms with E-state index in [1.165, 1.54) is 15.7 Å². The monoisotopic (exact) mass is 239 g/mol. The second-order valence-electron chi connectivity index (χ2n) is 3.94. The van der Waals surface area contributed by atoms with Crippen LogP contribution in [-0.2, 0) is 0 Å². The van der Waals surface area contributed by atoms with Crippen molar-refractivity contribution in [2.45, 2.75) is 19.8 Å². The van der Waals surface area contributed by atoms with Gasteiger partial charge in [0.1, 0.15) is 0 Å². The fraction of sp³-hybridized carbons (Fsp3) is 0.455. The van der Waals surface area contributed by atoms with Gasteiger partial charge in [-0.3, -0.25) is 0 Å². The van der Waals surface area contributed by atoms with Crippen LogP contribution in [0, 0.1) is 5.92 Å². The molecule has 1 heterocycles. The van der Waals surface area contributed by atoms with Crippen LogP contribution in [0.25, 0.3) is 0 Å². The highest BCUT2D eigenvalue weighted by Gasteiger charge is 2.25. The molecule has 1 atom stereocenters. The van der Waals surface area contributed by atoms with E-state index in [4.69, 9.17) is 0 Å². The first-order valence-corrected chi connectivity index (χ1v) is 5.51. The molecule has 0 saturated carbocycles. The van der Waals surface area contributed by atoms with Crippen LogP contribution >= 0.6 is 15.9 Å². The quantitative estimate of drug-likeness (QED) is 0.790. The summed E-state index contributed by atoms with van der Waals surface area (Å²) in [5.41, 5.74) is 2.76. The highest BCUT2D eigenvalue weighted by Crippen LogP contribution is 2.40. The van der Waals surface area contributed by atoms with Crippen molar-refractivity contribution in [1.29, 1.82) is 0 Å². The van der Waals surface area contributed by atoms with Crippen molar-refractivity contribution in [3.05, 3.63) is 28.2 Å². The van der Waals surface area contributed by atoms with Gasteiger partial charge in [-0.05, 0) is 33.5 Å². The van der Waals surface area contributed by atoms with Gasteiger partial charge in [-0.15, -0.1) is 0 Å². The van der Waals surface area contributed by atoms with Crippen LogP contribution in [0.15, 0.2) is 22.7 Å². The minimum Gasteiger partial charge on any atom is -0.383 e. The van der Waals surface area contributed by atoms with Crippen LogP contribution in [0.5, 0.6) is 0 Å². The predicted octanol–water partition coefficient (Wildman–Crippen LogP) is 3.61. The van der Waals surface area contributed by atoms with E-state index in [-0.39, 0.29) is 0 Å². The first-order valence-electron chi connectivity index (χ1n) is 4.72. The molecule has 13 heavy (non-hydrogen) atoms. The second kappa shape index (κ2) is 3.33. The maximum Gasteiger partial charge on any atom is 0.0520 e. The smallest absolute Gasteiger partial charge is 0.0520 e. The number of hydrogen-bond acceptors (Lipinski definition) is 1. The lowest BCUT2D eigenvalue weighted by Crippen LogP contribution is -2.08. The van der Waals surface area contributed by atoms with Gasteiger partial charge in [0.25, 0.3) is 0 Å². The van der Waals surface area contributed by atoms with E-state index >= 15 is 0 Å². The standard InChI is InChI=1S/C11H14BrN/c1-7(2)9-6-13-11-8(9)4-3-5-10(11)12/h3-5,7,9,13H,6H2,1-2H3/t9-/m1/s1. The summed E-state index contributed by atoms with van der Waals surface area (Å²) in [4.78, 5) is 0. The van der Waals surface area contributed by atoms with Crippen molar-refractivity contribution in [3.8, 4) is 0 Å². The van der Waals surface area contributed by atoms with Crippen LogP contribution in [0.2, 0.25) is 0 Å². The average Bonchev–Trinajstić information content (AvgIpc) is 2.48. The molecule has 0 unspecified atom stereocenters. The zero-order chi connectivity index (χ0) is 9.42. The minimum absolute atomic E-state index is 0.674. The second-order valence-corrected chi connectivity index (χ2v) is 4.79. The molecule has 2 rings (SSSR count). The first kappa shape index (κ1) is 9.07. The number of benzene rings is 1. The fourth-order valence-corrected chi connectivity index (χ4v) is 2.47. The normalized spacial score (nSPS) is 20.2. The van der Waals surface area contributed by atoms with Crippen molar-refractivity contribution in [2.75, 3.05) is 11.9 Å². The molecule has 0 fully saturated rings. The third-order valence-electron chi connectivity index (χ3n) is 2.75. The van der Waals surface area contributed by atoms with Gasteiger partial charge in [0.05, 0.1) is 5.69 Å². The van der Waals surface area contributed by atoms with Gasteiger partial charge in [0.15, 0.2) is 0 Å². The number of nitrogens with one attached hydrogen (secondary N) is 1. The minimum atomic E-state index is 0.674. The molecule has 0 bridgehead atoms. The fourth-order valence-electron chi connectivity index (χ4n) is 1.95.